The first kappa shape index (κ1) is 21.8. The first-order valence-electron chi connectivity index (χ1n) is 9.98. The molecule has 0 unspecified atom stereocenters. The van der Waals surface area contributed by atoms with Crippen molar-refractivity contribution in [2.24, 2.45) is 0 Å². The number of aromatic amines is 1. The Balaban J connectivity index is 1.59. The van der Waals surface area contributed by atoms with E-state index in [-0.39, 0.29) is 0 Å². The summed E-state index contributed by atoms with van der Waals surface area (Å²) in [7, 11) is 0. The van der Waals surface area contributed by atoms with E-state index in [9.17, 15) is 5.26 Å². The predicted molar refractivity (Wildman–Crippen MR) is 128 cm³/mol. The molecule has 160 valence electrons. The molecule has 0 atom stereocenters. The number of nitrogens with zero attached hydrogens (tertiary/aromatic N) is 2. The summed E-state index contributed by atoms with van der Waals surface area (Å²) in [5.74, 6) is 1.70. The molecule has 1 heterocycles. The number of hydrogen-bond acceptors (Lipinski definition) is 4. The van der Waals surface area contributed by atoms with Crippen LogP contribution in [0.3, 0.4) is 0 Å². The van der Waals surface area contributed by atoms with Gasteiger partial charge in [-0.25, -0.2) is 4.98 Å². The highest BCUT2D eigenvalue weighted by Gasteiger charge is 2.11. The number of nitrogens with one attached hydrogen (secondary N) is 1. The average Bonchev–Trinajstić information content (AvgIpc) is 3.23. The van der Waals surface area contributed by atoms with Crippen molar-refractivity contribution in [1.82, 2.24) is 9.97 Å². The van der Waals surface area contributed by atoms with Gasteiger partial charge in [0.15, 0.2) is 11.5 Å². The molecule has 0 saturated heterocycles. The second kappa shape index (κ2) is 9.78. The van der Waals surface area contributed by atoms with Crippen LogP contribution in [0.25, 0.3) is 22.7 Å². The average molecular weight is 464 g/mol. The summed E-state index contributed by atoms with van der Waals surface area (Å²) in [4.78, 5) is 7.70. The van der Waals surface area contributed by atoms with Gasteiger partial charge in [-0.2, -0.15) is 5.26 Å². The van der Waals surface area contributed by atoms with Gasteiger partial charge in [-0.05, 0) is 60.5 Å². The summed E-state index contributed by atoms with van der Waals surface area (Å²) in [6.45, 7) is 2.69. The molecule has 4 rings (SSSR count). The molecule has 3 aromatic carbocycles. The molecule has 0 aliphatic carbocycles. The van der Waals surface area contributed by atoms with Gasteiger partial charge in [-0.3, -0.25) is 0 Å². The minimum atomic E-state index is 0.314. The van der Waals surface area contributed by atoms with Gasteiger partial charge >= 0.3 is 0 Å². The lowest BCUT2D eigenvalue weighted by Gasteiger charge is -2.13. The fourth-order valence-corrected chi connectivity index (χ4v) is 3.51. The molecule has 0 spiro atoms. The Morgan fingerprint density at radius 3 is 2.62 bits per heavy atom. The van der Waals surface area contributed by atoms with E-state index >= 15 is 0 Å². The molecule has 1 aromatic heterocycles. The Kier molecular flexibility index (Phi) is 6.65. The van der Waals surface area contributed by atoms with Crippen LogP contribution in [-0.4, -0.2) is 16.6 Å². The number of ether oxygens (including phenoxy) is 2. The fraction of sp³-hybridized carbons (Fsp3) is 0.120. The Bertz CT molecular complexity index is 1310. The summed E-state index contributed by atoms with van der Waals surface area (Å²) >= 11 is 12.1. The van der Waals surface area contributed by atoms with E-state index in [0.29, 0.717) is 46.2 Å². The van der Waals surface area contributed by atoms with Crippen LogP contribution >= 0.6 is 23.2 Å². The van der Waals surface area contributed by atoms with Crippen LogP contribution < -0.4 is 9.47 Å². The minimum absolute atomic E-state index is 0.314. The number of H-pyrrole nitrogens is 1. The van der Waals surface area contributed by atoms with Crippen molar-refractivity contribution in [3.63, 3.8) is 0 Å². The van der Waals surface area contributed by atoms with Crippen LogP contribution in [-0.2, 0) is 6.61 Å². The Hall–Kier alpha value is -3.46. The zero-order chi connectivity index (χ0) is 22.5. The number of fused-ring (bicyclic) bond motifs is 1. The van der Waals surface area contributed by atoms with E-state index in [4.69, 9.17) is 32.7 Å². The molecule has 0 radical (unpaired) electrons. The standard InChI is InChI=1S/C25H19Cl2N3O2/c1-2-31-24-13-16(8-10-23(24)32-15-17-7-9-19(26)20(27)12-17)11-18(14-28)25-29-21-5-3-4-6-22(21)30-25/h3-13H,2,15H2,1H3,(H,29,30)/b18-11+. The Labute approximate surface area is 195 Å². The van der Waals surface area contributed by atoms with Gasteiger partial charge < -0.3 is 14.5 Å². The van der Waals surface area contributed by atoms with Crippen molar-refractivity contribution in [1.29, 1.82) is 5.26 Å². The van der Waals surface area contributed by atoms with E-state index in [1.54, 1.807) is 18.2 Å². The second-order valence-corrected chi connectivity index (χ2v) is 7.76. The highest BCUT2D eigenvalue weighted by molar-refractivity contribution is 6.42. The van der Waals surface area contributed by atoms with Crippen LogP contribution in [0.4, 0.5) is 0 Å². The number of aromatic nitrogens is 2. The molecule has 0 bridgehead atoms. The van der Waals surface area contributed by atoms with Gasteiger partial charge in [0.05, 0.1) is 33.3 Å². The van der Waals surface area contributed by atoms with Gasteiger partial charge in [-0.15, -0.1) is 0 Å². The quantitative estimate of drug-likeness (QED) is 0.302. The molecule has 7 heteroatoms. The normalized spacial score (nSPS) is 11.4. The zero-order valence-electron chi connectivity index (χ0n) is 17.2. The van der Waals surface area contributed by atoms with Crippen LogP contribution in [0.15, 0.2) is 60.7 Å². The van der Waals surface area contributed by atoms with Crippen molar-refractivity contribution in [2.45, 2.75) is 13.5 Å². The van der Waals surface area contributed by atoms with E-state index in [1.807, 2.05) is 55.5 Å². The lowest BCUT2D eigenvalue weighted by atomic mass is 10.1. The number of hydrogen-bond donors (Lipinski definition) is 1. The van der Waals surface area contributed by atoms with E-state index in [0.717, 1.165) is 22.2 Å². The van der Waals surface area contributed by atoms with Crippen molar-refractivity contribution in [3.05, 3.63) is 87.7 Å². The highest BCUT2D eigenvalue weighted by Crippen LogP contribution is 2.31. The Morgan fingerprint density at radius 1 is 1.03 bits per heavy atom. The number of halogens is 2. The maximum Gasteiger partial charge on any atom is 0.161 e. The third-order valence-electron chi connectivity index (χ3n) is 4.72. The predicted octanol–water partition coefficient (Wildman–Crippen LogP) is 6.91. The lowest BCUT2D eigenvalue weighted by Crippen LogP contribution is -2.00. The lowest BCUT2D eigenvalue weighted by molar-refractivity contribution is 0.269. The first-order chi connectivity index (χ1) is 15.6. The molecule has 0 amide bonds. The van der Waals surface area contributed by atoms with E-state index in [2.05, 4.69) is 16.0 Å². The number of nitriles is 1. The molecule has 0 aliphatic heterocycles. The molecule has 0 fully saturated rings. The molecular formula is C25H19Cl2N3O2. The molecule has 1 N–H and O–H groups in total. The van der Waals surface area contributed by atoms with Gasteiger partial charge in [0, 0.05) is 0 Å². The summed E-state index contributed by atoms with van der Waals surface area (Å²) in [5, 5.41) is 10.7. The molecular weight excluding hydrogens is 445 g/mol. The number of benzene rings is 3. The van der Waals surface area contributed by atoms with Crippen molar-refractivity contribution < 1.29 is 9.47 Å². The number of rotatable bonds is 7. The van der Waals surface area contributed by atoms with Gasteiger partial charge in [0.25, 0.3) is 0 Å². The first-order valence-corrected chi connectivity index (χ1v) is 10.7. The van der Waals surface area contributed by atoms with Crippen LogP contribution in [0.1, 0.15) is 23.9 Å². The largest absolute Gasteiger partial charge is 0.490 e. The third kappa shape index (κ3) is 4.88. The third-order valence-corrected chi connectivity index (χ3v) is 5.46. The van der Waals surface area contributed by atoms with E-state index in [1.165, 1.54) is 0 Å². The zero-order valence-corrected chi connectivity index (χ0v) is 18.7. The highest BCUT2D eigenvalue weighted by atomic mass is 35.5. The topological polar surface area (TPSA) is 70.9 Å². The van der Waals surface area contributed by atoms with Crippen molar-refractivity contribution >= 4 is 45.9 Å². The molecule has 4 aromatic rings. The van der Waals surface area contributed by atoms with Crippen LogP contribution in [0.2, 0.25) is 10.0 Å². The number of para-hydroxylation sites is 2. The van der Waals surface area contributed by atoms with Gasteiger partial charge in [0.2, 0.25) is 0 Å². The van der Waals surface area contributed by atoms with Crippen LogP contribution in [0.5, 0.6) is 11.5 Å². The maximum atomic E-state index is 9.69. The molecule has 32 heavy (non-hydrogen) atoms. The molecule has 0 aliphatic rings. The summed E-state index contributed by atoms with van der Waals surface area (Å²) in [6, 6.07) is 20.8. The van der Waals surface area contributed by atoms with Gasteiger partial charge in [0.1, 0.15) is 18.5 Å². The fourth-order valence-electron chi connectivity index (χ4n) is 3.19. The molecule has 0 saturated carbocycles. The summed E-state index contributed by atoms with van der Waals surface area (Å²) in [6.07, 6.45) is 1.77. The monoisotopic (exact) mass is 463 g/mol. The number of imidazole rings is 1. The summed E-state index contributed by atoms with van der Waals surface area (Å²) < 4.78 is 11.7. The molecule has 5 nitrogen and oxygen atoms in total. The SMILES string of the molecule is CCOc1cc(/C=C(\C#N)c2nc3ccccc3[nH]2)ccc1OCc1ccc(Cl)c(Cl)c1. The van der Waals surface area contributed by atoms with Gasteiger partial charge in [-0.1, -0.05) is 47.5 Å². The summed E-state index contributed by atoms with van der Waals surface area (Å²) in [5.41, 5.74) is 3.80. The van der Waals surface area contributed by atoms with Crippen LogP contribution in [0, 0.1) is 11.3 Å². The van der Waals surface area contributed by atoms with Crippen molar-refractivity contribution in [3.8, 4) is 17.6 Å². The van der Waals surface area contributed by atoms with E-state index < -0.39 is 0 Å². The minimum Gasteiger partial charge on any atom is -0.490 e. The Morgan fingerprint density at radius 2 is 1.88 bits per heavy atom. The number of allylic oxidation sites excluding steroid dienone is 1. The van der Waals surface area contributed by atoms with Crippen molar-refractivity contribution in [2.75, 3.05) is 6.61 Å². The maximum absolute atomic E-state index is 9.69. The smallest absolute Gasteiger partial charge is 0.161 e. The second-order valence-electron chi connectivity index (χ2n) is 6.95.